The van der Waals surface area contributed by atoms with E-state index >= 15 is 0 Å². The molecule has 0 aliphatic carbocycles. The molecule has 0 rings (SSSR count). The Labute approximate surface area is 328 Å². The Kier molecular flexibility index (Phi) is 37.2. The number of esters is 1. The van der Waals surface area contributed by atoms with Crippen molar-refractivity contribution in [1.29, 1.82) is 0 Å². The highest BCUT2D eigenvalue weighted by Gasteiger charge is 2.27. The Morgan fingerprint density at radius 1 is 0.611 bits per heavy atom. The lowest BCUT2D eigenvalue weighted by Gasteiger charge is -2.20. The number of rotatable bonds is 39. The number of phosphoric acid groups is 1. The maximum Gasteiger partial charge on any atom is 0.472 e. The van der Waals surface area contributed by atoms with Crippen LogP contribution >= 0.6 is 7.82 Å². The number of carbonyl (C=O) groups is 2. The topological polar surface area (TPSA) is 155 Å². The SMILES string of the molecule is CC/C=C\C/C=C\C/C=C\C/C=C\CCCCCCCCC(=O)OC(COCCCCCCCC/C=C\CCCCC)COP(=O)(O)OCC(N)C(=O)O. The Hall–Kier alpha value is -2.33. The second-order valence-corrected chi connectivity index (χ2v) is 15.2. The first-order valence-corrected chi connectivity index (χ1v) is 22.3. The molecule has 0 heterocycles. The van der Waals surface area contributed by atoms with Crippen LogP contribution in [0.4, 0.5) is 0 Å². The number of carbonyl (C=O) groups excluding carboxylic acids is 1. The first kappa shape index (κ1) is 51.7. The minimum Gasteiger partial charge on any atom is -0.480 e. The Morgan fingerprint density at radius 2 is 1.07 bits per heavy atom. The van der Waals surface area contributed by atoms with E-state index in [0.717, 1.165) is 89.9 Å². The van der Waals surface area contributed by atoms with Crippen molar-refractivity contribution >= 4 is 19.8 Å². The molecule has 11 heteroatoms. The largest absolute Gasteiger partial charge is 0.480 e. The van der Waals surface area contributed by atoms with Crippen LogP contribution in [0.2, 0.25) is 0 Å². The number of carboxylic acids is 1. The zero-order valence-electron chi connectivity index (χ0n) is 33.8. The van der Waals surface area contributed by atoms with Gasteiger partial charge in [0.25, 0.3) is 0 Å². The van der Waals surface area contributed by atoms with Crippen molar-refractivity contribution in [3.05, 3.63) is 60.8 Å². The van der Waals surface area contributed by atoms with Crippen molar-refractivity contribution in [2.45, 2.75) is 174 Å². The highest BCUT2D eigenvalue weighted by atomic mass is 31.2. The van der Waals surface area contributed by atoms with E-state index in [2.05, 4.69) is 74.6 Å². The Bertz CT molecular complexity index is 1090. The average Bonchev–Trinajstić information content (AvgIpc) is 3.15. The van der Waals surface area contributed by atoms with Crippen molar-refractivity contribution < 1.29 is 42.7 Å². The summed E-state index contributed by atoms with van der Waals surface area (Å²) >= 11 is 0. The Balaban J connectivity index is 4.30. The zero-order chi connectivity index (χ0) is 39.8. The predicted octanol–water partition coefficient (Wildman–Crippen LogP) is 11.3. The molecular formula is C43H76NO9P. The van der Waals surface area contributed by atoms with Crippen LogP contribution in [-0.2, 0) is 32.7 Å². The monoisotopic (exact) mass is 782 g/mol. The standard InChI is InChI=1S/C43H76NO9P/c1-3-5-7-9-11-13-15-17-18-19-20-21-22-23-25-27-29-31-33-35-42(45)53-40(38-51-54(48,49)52-39-41(44)43(46)47)37-50-36-34-32-30-28-26-24-16-14-12-10-8-6-4-2/h5,7,11-14,17-18,20-21,40-41H,3-4,6,8-10,15-16,19,22-39,44H2,1-2H3,(H,46,47)(H,48,49)/b7-5-,13-11-,14-12-,18-17-,21-20-. The van der Waals surface area contributed by atoms with Gasteiger partial charge in [0.2, 0.25) is 0 Å². The highest BCUT2D eigenvalue weighted by molar-refractivity contribution is 7.47. The molecule has 0 radical (unpaired) electrons. The van der Waals surface area contributed by atoms with Crippen LogP contribution in [0, 0.1) is 0 Å². The highest BCUT2D eigenvalue weighted by Crippen LogP contribution is 2.43. The molecule has 0 fully saturated rings. The van der Waals surface area contributed by atoms with E-state index in [4.69, 9.17) is 29.4 Å². The summed E-state index contributed by atoms with van der Waals surface area (Å²) in [6.45, 7) is 3.70. The molecule has 0 aliphatic rings. The molecule has 0 saturated heterocycles. The molecule has 0 bridgehead atoms. The first-order chi connectivity index (χ1) is 26.2. The molecule has 0 aromatic carbocycles. The maximum absolute atomic E-state index is 12.6. The van der Waals surface area contributed by atoms with Crippen LogP contribution in [0.15, 0.2) is 60.8 Å². The van der Waals surface area contributed by atoms with Gasteiger partial charge < -0.3 is 25.2 Å². The third kappa shape index (κ3) is 38.0. The van der Waals surface area contributed by atoms with E-state index in [1.54, 1.807) is 0 Å². The quantitative estimate of drug-likeness (QED) is 0.0237. The number of ether oxygens (including phenoxy) is 2. The molecule has 10 nitrogen and oxygen atoms in total. The number of phosphoric ester groups is 1. The zero-order valence-corrected chi connectivity index (χ0v) is 34.7. The lowest BCUT2D eigenvalue weighted by molar-refractivity contribution is -0.154. The van der Waals surface area contributed by atoms with E-state index in [0.29, 0.717) is 13.0 Å². The number of aliphatic carboxylic acids is 1. The number of unbranched alkanes of at least 4 members (excludes halogenated alkanes) is 15. The van der Waals surface area contributed by atoms with Crippen LogP contribution < -0.4 is 5.73 Å². The Morgan fingerprint density at radius 3 is 1.63 bits per heavy atom. The third-order valence-corrected chi connectivity index (χ3v) is 9.48. The summed E-state index contributed by atoms with van der Waals surface area (Å²) in [4.78, 5) is 33.5. The summed E-state index contributed by atoms with van der Waals surface area (Å²) in [7, 11) is -4.62. The smallest absolute Gasteiger partial charge is 0.472 e. The number of hydrogen-bond acceptors (Lipinski definition) is 8. The average molecular weight is 782 g/mol. The van der Waals surface area contributed by atoms with Gasteiger partial charge in [-0.25, -0.2) is 4.57 Å². The molecule has 312 valence electrons. The van der Waals surface area contributed by atoms with Gasteiger partial charge in [0.1, 0.15) is 12.1 Å². The molecule has 0 amide bonds. The van der Waals surface area contributed by atoms with E-state index in [1.165, 1.54) is 44.9 Å². The van der Waals surface area contributed by atoms with Crippen LogP contribution in [0.1, 0.15) is 162 Å². The van der Waals surface area contributed by atoms with Crippen LogP contribution in [0.5, 0.6) is 0 Å². The molecule has 0 spiro atoms. The summed E-state index contributed by atoms with van der Waals surface area (Å²) in [5.74, 6) is -1.80. The second kappa shape index (κ2) is 38.9. The van der Waals surface area contributed by atoms with Gasteiger partial charge in [-0.1, -0.05) is 139 Å². The van der Waals surface area contributed by atoms with Gasteiger partial charge in [-0.2, -0.15) is 0 Å². The molecule has 0 aromatic heterocycles. The van der Waals surface area contributed by atoms with Crippen LogP contribution in [-0.4, -0.2) is 60.5 Å². The van der Waals surface area contributed by atoms with Crippen molar-refractivity contribution in [1.82, 2.24) is 0 Å². The molecular weight excluding hydrogens is 705 g/mol. The van der Waals surface area contributed by atoms with Crippen LogP contribution in [0.25, 0.3) is 0 Å². The van der Waals surface area contributed by atoms with Crippen molar-refractivity contribution in [3.63, 3.8) is 0 Å². The summed E-state index contributed by atoms with van der Waals surface area (Å²) < 4.78 is 33.3. The fourth-order valence-corrected chi connectivity index (χ4v) is 6.07. The number of allylic oxidation sites excluding steroid dienone is 10. The molecule has 3 unspecified atom stereocenters. The summed E-state index contributed by atoms with van der Waals surface area (Å²) in [5, 5.41) is 8.88. The lowest BCUT2D eigenvalue weighted by Crippen LogP contribution is -2.34. The van der Waals surface area contributed by atoms with Crippen molar-refractivity contribution in [3.8, 4) is 0 Å². The van der Waals surface area contributed by atoms with Gasteiger partial charge in [0, 0.05) is 13.0 Å². The van der Waals surface area contributed by atoms with Gasteiger partial charge >= 0.3 is 19.8 Å². The predicted molar refractivity (Wildman–Crippen MR) is 221 cm³/mol. The number of hydrogen-bond donors (Lipinski definition) is 3. The normalized spacial score (nSPS) is 14.6. The number of nitrogens with two attached hydrogens (primary N) is 1. The third-order valence-electron chi connectivity index (χ3n) is 8.53. The van der Waals surface area contributed by atoms with Crippen molar-refractivity contribution in [2.75, 3.05) is 26.4 Å². The molecule has 0 aromatic rings. The summed E-state index contributed by atoms with van der Waals surface area (Å²) in [5.41, 5.74) is 5.35. The van der Waals surface area contributed by atoms with Gasteiger partial charge in [-0.3, -0.25) is 18.6 Å². The van der Waals surface area contributed by atoms with E-state index in [1.807, 2.05) is 0 Å². The minimum atomic E-state index is -4.62. The van der Waals surface area contributed by atoms with E-state index < -0.39 is 45.1 Å². The summed E-state index contributed by atoms with van der Waals surface area (Å²) in [6.07, 6.45) is 45.5. The van der Waals surface area contributed by atoms with Gasteiger partial charge in [-0.15, -0.1) is 0 Å². The van der Waals surface area contributed by atoms with E-state index in [-0.39, 0.29) is 13.0 Å². The molecule has 0 saturated carbocycles. The first-order valence-electron chi connectivity index (χ1n) is 20.8. The molecule has 4 N–H and O–H groups in total. The summed E-state index contributed by atoms with van der Waals surface area (Å²) in [6, 6.07) is -1.48. The molecule has 3 atom stereocenters. The fourth-order valence-electron chi connectivity index (χ4n) is 5.29. The van der Waals surface area contributed by atoms with Gasteiger partial charge in [-0.05, 0) is 77.0 Å². The minimum absolute atomic E-state index is 0.00421. The molecule has 54 heavy (non-hydrogen) atoms. The van der Waals surface area contributed by atoms with E-state index in [9.17, 15) is 19.0 Å². The second-order valence-electron chi connectivity index (χ2n) is 13.7. The lowest BCUT2D eigenvalue weighted by atomic mass is 10.1. The van der Waals surface area contributed by atoms with Gasteiger partial charge in [0.15, 0.2) is 0 Å². The van der Waals surface area contributed by atoms with Gasteiger partial charge in [0.05, 0.1) is 19.8 Å². The van der Waals surface area contributed by atoms with Crippen LogP contribution in [0.3, 0.4) is 0 Å². The number of carboxylic acid groups (broad SMARTS) is 1. The van der Waals surface area contributed by atoms with Crippen molar-refractivity contribution in [2.24, 2.45) is 5.73 Å². The fraction of sp³-hybridized carbons (Fsp3) is 0.721. The maximum atomic E-state index is 12.6. The molecule has 0 aliphatic heterocycles.